The van der Waals surface area contributed by atoms with Gasteiger partial charge in [0, 0.05) is 30.9 Å². The van der Waals surface area contributed by atoms with Crippen LogP contribution in [0.15, 0.2) is 67.0 Å². The summed E-state index contributed by atoms with van der Waals surface area (Å²) in [6, 6.07) is 15.4. The minimum Gasteiger partial charge on any atom is -0.481 e. The maximum atomic E-state index is 13.8. The molecule has 0 saturated carbocycles. The van der Waals surface area contributed by atoms with Gasteiger partial charge in [-0.2, -0.15) is 0 Å². The van der Waals surface area contributed by atoms with Gasteiger partial charge in [-0.25, -0.2) is 0 Å². The van der Waals surface area contributed by atoms with Crippen molar-refractivity contribution in [3.8, 4) is 11.1 Å². The zero-order chi connectivity index (χ0) is 26.5. The van der Waals surface area contributed by atoms with Gasteiger partial charge in [-0.3, -0.25) is 19.4 Å². The molecule has 3 atom stereocenters. The Kier molecular flexibility index (Phi) is 8.01. The van der Waals surface area contributed by atoms with Crippen LogP contribution in [0.3, 0.4) is 0 Å². The van der Waals surface area contributed by atoms with Gasteiger partial charge in [0.1, 0.15) is 6.04 Å². The van der Waals surface area contributed by atoms with Gasteiger partial charge >= 0.3 is 5.97 Å². The number of carbonyl (C=O) groups excluding carboxylic acids is 2. The molecule has 1 aromatic heterocycles. The first-order valence-corrected chi connectivity index (χ1v) is 12.6. The normalized spacial score (nSPS) is 17.2. The molecule has 1 unspecified atom stereocenters. The first-order valence-electron chi connectivity index (χ1n) is 12.6. The van der Waals surface area contributed by atoms with E-state index in [9.17, 15) is 19.5 Å². The number of benzene rings is 2. The van der Waals surface area contributed by atoms with Crippen molar-refractivity contribution < 1.29 is 19.5 Å². The predicted octanol–water partition coefficient (Wildman–Crippen LogP) is 5.00. The highest BCUT2D eigenvalue weighted by molar-refractivity contribution is 5.89. The molecule has 37 heavy (non-hydrogen) atoms. The summed E-state index contributed by atoms with van der Waals surface area (Å²) in [6.07, 6.45) is 4.21. The number of hydrogen-bond donors (Lipinski definition) is 2. The largest absolute Gasteiger partial charge is 0.481 e. The van der Waals surface area contributed by atoms with Gasteiger partial charge in [0.2, 0.25) is 11.8 Å². The number of nitrogens with zero attached hydrogens (tertiary/aromatic N) is 2. The van der Waals surface area contributed by atoms with Crippen LogP contribution >= 0.6 is 0 Å². The third-order valence-electron chi connectivity index (χ3n) is 6.98. The number of aryl methyl sites for hydroxylation is 2. The van der Waals surface area contributed by atoms with E-state index in [1.54, 1.807) is 17.3 Å². The number of likely N-dealkylation sites (tertiary alicyclic amines) is 1. The molecule has 1 aliphatic rings. The molecular weight excluding hydrogens is 466 g/mol. The number of nitrogens with one attached hydrogen (secondary N) is 1. The van der Waals surface area contributed by atoms with E-state index in [0.29, 0.717) is 24.1 Å². The lowest BCUT2D eigenvalue weighted by Crippen LogP contribution is -2.48. The van der Waals surface area contributed by atoms with E-state index in [-0.39, 0.29) is 18.2 Å². The molecular formula is C30H33N3O4. The van der Waals surface area contributed by atoms with E-state index in [1.807, 2.05) is 68.4 Å². The lowest BCUT2D eigenvalue weighted by atomic mass is 9.93. The number of aromatic nitrogens is 1. The number of amides is 2. The van der Waals surface area contributed by atoms with Crippen molar-refractivity contribution in [2.45, 2.75) is 52.1 Å². The number of piperidine rings is 1. The third kappa shape index (κ3) is 6.05. The number of pyridine rings is 1. The molecule has 2 aromatic carbocycles. The monoisotopic (exact) mass is 499 g/mol. The highest BCUT2D eigenvalue weighted by Gasteiger charge is 2.36. The van der Waals surface area contributed by atoms with E-state index in [4.69, 9.17) is 0 Å². The quantitative estimate of drug-likeness (QED) is 0.455. The fourth-order valence-electron chi connectivity index (χ4n) is 5.13. The van der Waals surface area contributed by atoms with Gasteiger partial charge in [0.25, 0.3) is 0 Å². The summed E-state index contributed by atoms with van der Waals surface area (Å²) in [5, 5.41) is 12.6. The van der Waals surface area contributed by atoms with Crippen LogP contribution < -0.4 is 5.32 Å². The van der Waals surface area contributed by atoms with Gasteiger partial charge in [0.05, 0.1) is 12.5 Å². The zero-order valence-electron chi connectivity index (χ0n) is 21.5. The lowest BCUT2D eigenvalue weighted by molar-refractivity contribution is -0.145. The van der Waals surface area contributed by atoms with Crippen LogP contribution in [0.4, 0.5) is 0 Å². The second kappa shape index (κ2) is 11.4. The summed E-state index contributed by atoms with van der Waals surface area (Å²) in [5.74, 6) is -1.25. The maximum absolute atomic E-state index is 13.8. The molecule has 0 spiro atoms. The Hall–Kier alpha value is -4.00. The van der Waals surface area contributed by atoms with Gasteiger partial charge in [0.15, 0.2) is 0 Å². The number of hydrogen-bond acceptors (Lipinski definition) is 4. The van der Waals surface area contributed by atoms with E-state index in [2.05, 4.69) is 17.2 Å². The molecule has 2 N–H and O–H groups in total. The van der Waals surface area contributed by atoms with Crippen LogP contribution in [-0.4, -0.2) is 39.3 Å². The third-order valence-corrected chi connectivity index (χ3v) is 6.98. The fourth-order valence-corrected chi connectivity index (χ4v) is 5.13. The van der Waals surface area contributed by atoms with Crippen LogP contribution in [0.25, 0.3) is 11.1 Å². The van der Waals surface area contributed by atoms with Gasteiger partial charge in [-0.05, 0) is 60.1 Å². The number of rotatable bonds is 8. The Balaban J connectivity index is 1.69. The molecule has 192 valence electrons. The summed E-state index contributed by atoms with van der Waals surface area (Å²) >= 11 is 0. The average Bonchev–Trinajstić information content (AvgIpc) is 2.86. The molecule has 4 rings (SSSR count). The first kappa shape index (κ1) is 26.1. The van der Waals surface area contributed by atoms with E-state index >= 15 is 0 Å². The lowest BCUT2D eigenvalue weighted by Gasteiger charge is -2.37. The maximum Gasteiger partial charge on any atom is 0.305 e. The second-order valence-electron chi connectivity index (χ2n) is 9.94. The van der Waals surface area contributed by atoms with E-state index in [1.165, 1.54) is 0 Å². The van der Waals surface area contributed by atoms with Gasteiger partial charge in [-0.1, -0.05) is 55.5 Å². The Morgan fingerprint density at radius 3 is 2.43 bits per heavy atom. The topological polar surface area (TPSA) is 99.6 Å². The first-order chi connectivity index (χ1) is 17.7. The molecule has 1 aliphatic heterocycles. The van der Waals surface area contributed by atoms with Crippen LogP contribution in [-0.2, 0) is 14.4 Å². The van der Waals surface area contributed by atoms with Crippen LogP contribution in [0.2, 0.25) is 0 Å². The Bertz CT molecular complexity index is 1270. The molecule has 1 saturated heterocycles. The summed E-state index contributed by atoms with van der Waals surface area (Å²) in [7, 11) is 0. The zero-order valence-corrected chi connectivity index (χ0v) is 21.5. The minimum absolute atomic E-state index is 0.0735. The second-order valence-corrected chi connectivity index (χ2v) is 9.94. The van der Waals surface area contributed by atoms with E-state index in [0.717, 1.165) is 28.7 Å². The van der Waals surface area contributed by atoms with Crippen molar-refractivity contribution in [3.63, 3.8) is 0 Å². The SMILES string of the molecule is Cc1cccc(C)c1-c1cncc([C@H](CC(=O)O)NC(=O)[C@@H](c2ccccc2)N2CC(C)CCC2=O)c1. The van der Waals surface area contributed by atoms with Gasteiger partial charge in [-0.15, -0.1) is 0 Å². The van der Waals surface area contributed by atoms with Crippen molar-refractivity contribution >= 4 is 17.8 Å². The number of carboxylic acid groups (broad SMARTS) is 1. The Labute approximate surface area is 217 Å². The molecule has 7 nitrogen and oxygen atoms in total. The highest BCUT2D eigenvalue weighted by atomic mass is 16.4. The van der Waals surface area contributed by atoms with Crippen molar-refractivity contribution in [1.82, 2.24) is 15.2 Å². The van der Waals surface area contributed by atoms with Crippen molar-refractivity contribution in [2.24, 2.45) is 5.92 Å². The smallest absolute Gasteiger partial charge is 0.305 e. The van der Waals surface area contributed by atoms with Gasteiger partial charge < -0.3 is 15.3 Å². The molecule has 0 radical (unpaired) electrons. The number of carboxylic acids is 1. The van der Waals surface area contributed by atoms with Crippen molar-refractivity contribution in [2.75, 3.05) is 6.54 Å². The molecule has 2 amide bonds. The summed E-state index contributed by atoms with van der Waals surface area (Å²) < 4.78 is 0. The van der Waals surface area contributed by atoms with E-state index < -0.39 is 24.0 Å². The molecule has 0 bridgehead atoms. The number of aliphatic carboxylic acids is 1. The molecule has 1 fully saturated rings. The van der Waals surface area contributed by atoms with Crippen LogP contribution in [0.1, 0.15) is 60.5 Å². The Morgan fingerprint density at radius 2 is 1.76 bits per heavy atom. The summed E-state index contributed by atoms with van der Waals surface area (Å²) in [6.45, 7) is 6.58. The minimum atomic E-state index is -1.04. The standard InChI is InChI=1S/C30H33N3O4/c1-19-12-13-26(34)33(18-19)29(22-10-5-4-6-11-22)30(37)32-25(15-27(35)36)23-14-24(17-31-16-23)28-20(2)8-7-9-21(28)3/h4-11,14,16-17,19,25,29H,12-13,15,18H2,1-3H3,(H,32,37)(H,35,36)/t19?,25-,29+/m0/s1. The number of carbonyl (C=O) groups is 3. The predicted molar refractivity (Wildman–Crippen MR) is 142 cm³/mol. The molecule has 2 heterocycles. The molecule has 3 aromatic rings. The summed E-state index contributed by atoms with van der Waals surface area (Å²) in [4.78, 5) is 44.5. The average molecular weight is 500 g/mol. The van der Waals surface area contributed by atoms with Crippen molar-refractivity contribution in [1.29, 1.82) is 0 Å². The highest BCUT2D eigenvalue weighted by Crippen LogP contribution is 2.31. The Morgan fingerprint density at radius 1 is 1.05 bits per heavy atom. The molecule has 0 aliphatic carbocycles. The van der Waals surface area contributed by atoms with Crippen LogP contribution in [0, 0.1) is 19.8 Å². The fraction of sp³-hybridized carbons (Fsp3) is 0.333. The molecule has 7 heteroatoms. The van der Waals surface area contributed by atoms with Crippen molar-refractivity contribution in [3.05, 3.63) is 89.2 Å². The van der Waals surface area contributed by atoms with Crippen LogP contribution in [0.5, 0.6) is 0 Å². The summed E-state index contributed by atoms with van der Waals surface area (Å²) in [5.41, 5.74) is 5.35.